The van der Waals surface area contributed by atoms with Crippen LogP contribution in [0.2, 0.25) is 0 Å². The van der Waals surface area contributed by atoms with Crippen molar-refractivity contribution < 1.29 is 9.13 Å². The second-order valence-electron chi connectivity index (χ2n) is 9.10. The van der Waals surface area contributed by atoms with Crippen molar-refractivity contribution in [2.24, 2.45) is 5.92 Å². The summed E-state index contributed by atoms with van der Waals surface area (Å²) in [6.45, 7) is 7.24. The van der Waals surface area contributed by atoms with Gasteiger partial charge in [-0.1, -0.05) is 12.1 Å². The van der Waals surface area contributed by atoms with E-state index < -0.39 is 0 Å². The molecule has 1 saturated heterocycles. The van der Waals surface area contributed by atoms with Gasteiger partial charge in [0.1, 0.15) is 11.6 Å². The molecule has 1 aliphatic heterocycles. The molecule has 0 N–H and O–H groups in total. The van der Waals surface area contributed by atoms with E-state index in [1.165, 1.54) is 22.2 Å². The van der Waals surface area contributed by atoms with E-state index in [2.05, 4.69) is 41.5 Å². The van der Waals surface area contributed by atoms with Gasteiger partial charge in [0.15, 0.2) is 0 Å². The predicted octanol–water partition coefficient (Wildman–Crippen LogP) is 4.47. The molecule has 2 aliphatic rings. The first-order valence-electron chi connectivity index (χ1n) is 11.0. The summed E-state index contributed by atoms with van der Waals surface area (Å²) in [6, 6.07) is 12.1. The highest BCUT2D eigenvalue weighted by atomic mass is 19.1. The predicted molar refractivity (Wildman–Crippen MR) is 117 cm³/mol. The number of nitrogens with zero attached hydrogens (tertiary/aromatic N) is 3. The average molecular weight is 408 g/mol. The van der Waals surface area contributed by atoms with Crippen molar-refractivity contribution in [1.82, 2.24) is 14.5 Å². The lowest BCUT2D eigenvalue weighted by atomic mass is 9.98. The number of benzene rings is 2. The number of hydrogen-bond donors (Lipinski definition) is 0. The van der Waals surface area contributed by atoms with Crippen LogP contribution >= 0.6 is 0 Å². The molecular weight excluding hydrogens is 377 g/mol. The van der Waals surface area contributed by atoms with Crippen LogP contribution < -0.4 is 0 Å². The van der Waals surface area contributed by atoms with Crippen LogP contribution in [0.4, 0.5) is 4.39 Å². The fourth-order valence-corrected chi connectivity index (χ4v) is 5.58. The lowest BCUT2D eigenvalue weighted by Crippen LogP contribution is -2.47. The second-order valence-corrected chi connectivity index (χ2v) is 9.10. The largest absolute Gasteiger partial charge is 0.378 e. The summed E-state index contributed by atoms with van der Waals surface area (Å²) in [5.41, 5.74) is 6.01. The van der Waals surface area contributed by atoms with E-state index in [1.807, 2.05) is 13.2 Å². The van der Waals surface area contributed by atoms with Gasteiger partial charge in [-0.3, -0.25) is 0 Å². The van der Waals surface area contributed by atoms with E-state index in [-0.39, 0.29) is 11.9 Å². The molecule has 158 valence electrons. The van der Waals surface area contributed by atoms with Gasteiger partial charge < -0.3 is 14.2 Å². The zero-order valence-corrected chi connectivity index (χ0v) is 18.1. The Bertz CT molecular complexity index is 1080. The minimum atomic E-state index is -0.118. The number of ether oxygens (including phenoxy) is 1. The highest BCUT2D eigenvalue weighted by Crippen LogP contribution is 2.33. The van der Waals surface area contributed by atoms with E-state index in [0.29, 0.717) is 12.0 Å². The lowest BCUT2D eigenvalue weighted by molar-refractivity contribution is -0.00928. The Hall–Kier alpha value is -2.24. The maximum Gasteiger partial charge on any atom is 0.123 e. The third-order valence-electron chi connectivity index (χ3n) is 6.97. The first-order chi connectivity index (χ1) is 14.5. The van der Waals surface area contributed by atoms with E-state index in [1.54, 1.807) is 12.1 Å². The molecule has 1 aromatic heterocycles. The number of rotatable bonds is 4. The number of likely N-dealkylation sites (tertiary alicyclic amines) is 1. The van der Waals surface area contributed by atoms with Crippen LogP contribution in [0.15, 0.2) is 36.4 Å². The first-order valence-corrected chi connectivity index (χ1v) is 11.0. The van der Waals surface area contributed by atoms with Gasteiger partial charge in [0.25, 0.3) is 0 Å². The molecule has 0 radical (unpaired) electrons. The first kappa shape index (κ1) is 19.7. The van der Waals surface area contributed by atoms with E-state index in [9.17, 15) is 4.39 Å². The van der Waals surface area contributed by atoms with Crippen LogP contribution in [0.25, 0.3) is 11.0 Å². The molecule has 3 atom stereocenters. The van der Waals surface area contributed by atoms with Crippen molar-refractivity contribution in [3.63, 3.8) is 0 Å². The molecular formula is C25H30FN3O. The molecule has 5 heteroatoms. The Morgan fingerprint density at radius 2 is 1.93 bits per heavy atom. The van der Waals surface area contributed by atoms with Crippen LogP contribution in [0.3, 0.4) is 0 Å². The van der Waals surface area contributed by atoms with Gasteiger partial charge in [-0.15, -0.1) is 0 Å². The van der Waals surface area contributed by atoms with E-state index in [4.69, 9.17) is 9.72 Å². The summed E-state index contributed by atoms with van der Waals surface area (Å²) >= 11 is 0. The van der Waals surface area contributed by atoms with Crippen molar-refractivity contribution in [3.05, 3.63) is 64.7 Å². The molecule has 0 saturated carbocycles. The third-order valence-corrected chi connectivity index (χ3v) is 6.97. The van der Waals surface area contributed by atoms with Crippen molar-refractivity contribution >= 4 is 11.0 Å². The lowest BCUT2D eigenvalue weighted by Gasteiger charge is -2.40. The van der Waals surface area contributed by atoms with E-state index in [0.717, 1.165) is 50.2 Å². The van der Waals surface area contributed by atoms with Crippen molar-refractivity contribution in [2.45, 2.75) is 45.3 Å². The van der Waals surface area contributed by atoms with Crippen LogP contribution in [-0.4, -0.2) is 47.3 Å². The monoisotopic (exact) mass is 407 g/mol. The second kappa shape index (κ2) is 7.78. The molecule has 1 fully saturated rings. The Labute approximate surface area is 177 Å². The normalized spacial score (nSPS) is 24.5. The Morgan fingerprint density at radius 3 is 2.77 bits per heavy atom. The number of hydrogen-bond acceptors (Lipinski definition) is 3. The van der Waals surface area contributed by atoms with Crippen molar-refractivity contribution in [3.8, 4) is 0 Å². The average Bonchev–Trinajstić information content (AvgIpc) is 3.26. The third kappa shape index (κ3) is 3.54. The zero-order chi connectivity index (χ0) is 20.8. The highest BCUT2D eigenvalue weighted by molar-refractivity contribution is 5.77. The van der Waals surface area contributed by atoms with Gasteiger partial charge in [-0.25, -0.2) is 9.37 Å². The number of methoxy groups -OCH3 is 1. The minimum Gasteiger partial charge on any atom is -0.378 e. The fourth-order valence-electron chi connectivity index (χ4n) is 5.58. The molecule has 0 bridgehead atoms. The topological polar surface area (TPSA) is 30.3 Å². The quantitative estimate of drug-likeness (QED) is 0.639. The highest BCUT2D eigenvalue weighted by Gasteiger charge is 2.34. The zero-order valence-electron chi connectivity index (χ0n) is 18.1. The van der Waals surface area contributed by atoms with Crippen LogP contribution in [0.1, 0.15) is 35.0 Å². The molecule has 2 aromatic carbocycles. The molecule has 30 heavy (non-hydrogen) atoms. The number of fused-ring (bicyclic) bond motifs is 2. The maximum atomic E-state index is 13.6. The summed E-state index contributed by atoms with van der Waals surface area (Å²) in [6.07, 6.45) is 3.22. The Balaban J connectivity index is 1.30. The summed E-state index contributed by atoms with van der Waals surface area (Å²) in [5.74, 6) is 1.51. The standard InChI is InChI=1S/C25H30FN3O/c1-16-4-7-23-22(10-16)27-17(2)29(23)24-8-9-28(15-25(24)30-3)14-18-11-19-5-6-21(26)13-20(19)12-18/h4-7,10,13,18,24-25H,8-9,11-12,14-15H2,1-3H3/t18?,24-,25+/m1/s1. The summed E-state index contributed by atoms with van der Waals surface area (Å²) in [5, 5.41) is 0. The molecule has 1 unspecified atom stereocenters. The van der Waals surface area contributed by atoms with Crippen LogP contribution in [0.5, 0.6) is 0 Å². The minimum absolute atomic E-state index is 0.118. The number of halogens is 1. The van der Waals surface area contributed by atoms with Crippen LogP contribution in [0, 0.1) is 25.6 Å². The molecule has 0 amide bonds. The summed E-state index contributed by atoms with van der Waals surface area (Å²) in [4.78, 5) is 7.35. The fraction of sp³-hybridized carbons (Fsp3) is 0.480. The number of aromatic nitrogens is 2. The van der Waals surface area contributed by atoms with Gasteiger partial charge >= 0.3 is 0 Å². The summed E-state index contributed by atoms with van der Waals surface area (Å²) in [7, 11) is 1.83. The van der Waals surface area contributed by atoms with Gasteiger partial charge in [-0.2, -0.15) is 0 Å². The number of imidazole rings is 1. The summed E-state index contributed by atoms with van der Waals surface area (Å²) < 4.78 is 21.9. The van der Waals surface area contributed by atoms with Crippen molar-refractivity contribution in [2.75, 3.05) is 26.7 Å². The molecule has 4 nitrogen and oxygen atoms in total. The Kier molecular flexibility index (Phi) is 5.11. The van der Waals surface area contributed by atoms with Gasteiger partial charge in [0.05, 0.1) is 23.2 Å². The van der Waals surface area contributed by atoms with Gasteiger partial charge in [0, 0.05) is 26.7 Å². The smallest absolute Gasteiger partial charge is 0.123 e. The Morgan fingerprint density at radius 1 is 1.10 bits per heavy atom. The molecule has 1 aliphatic carbocycles. The van der Waals surface area contributed by atoms with Crippen LogP contribution in [-0.2, 0) is 17.6 Å². The maximum absolute atomic E-state index is 13.6. The molecule has 3 aromatic rings. The van der Waals surface area contributed by atoms with E-state index >= 15 is 0 Å². The SMILES string of the molecule is CO[C@H]1CN(CC2Cc3ccc(F)cc3C2)CC[C@H]1n1c(C)nc2cc(C)ccc21. The van der Waals surface area contributed by atoms with Gasteiger partial charge in [0.2, 0.25) is 0 Å². The number of piperidine rings is 1. The molecule has 0 spiro atoms. The number of aryl methyl sites for hydroxylation is 2. The van der Waals surface area contributed by atoms with Crippen molar-refractivity contribution in [1.29, 1.82) is 0 Å². The molecule has 5 rings (SSSR count). The van der Waals surface area contributed by atoms with Gasteiger partial charge in [-0.05, 0) is 80.0 Å². The molecule has 2 heterocycles.